The van der Waals surface area contributed by atoms with E-state index in [-0.39, 0.29) is 49.9 Å². The number of nitrogens with zero attached hydrogens (tertiary/aromatic N) is 7. The summed E-state index contributed by atoms with van der Waals surface area (Å²) < 4.78 is 110. The van der Waals surface area contributed by atoms with Gasteiger partial charge in [0, 0.05) is 34.4 Å². The Balaban J connectivity index is 0.897. The highest BCUT2D eigenvalue weighted by molar-refractivity contribution is 7.49. The number of aryl methyl sites for hydroxylation is 1. The van der Waals surface area contributed by atoms with Crippen molar-refractivity contribution in [3.63, 3.8) is 0 Å². The second kappa shape index (κ2) is 28.4. The lowest BCUT2D eigenvalue weighted by Gasteiger charge is -2.37. The van der Waals surface area contributed by atoms with Crippen LogP contribution in [0.4, 0.5) is 11.6 Å². The number of fused-ring (bicyclic) bond motifs is 1. The zero-order valence-corrected chi connectivity index (χ0v) is 54.2. The van der Waals surface area contributed by atoms with Crippen molar-refractivity contribution in [3.8, 4) is 23.0 Å². The lowest BCUT2D eigenvalue weighted by atomic mass is 9.80. The normalized spacial score (nSPS) is 23.9. The van der Waals surface area contributed by atoms with E-state index < -0.39 is 132 Å². The molecule has 3 aliphatic rings. The first-order chi connectivity index (χ1) is 46.1. The Labute approximate surface area is 554 Å². The van der Waals surface area contributed by atoms with Gasteiger partial charge in [-0.3, -0.25) is 41.6 Å². The van der Waals surface area contributed by atoms with Gasteiger partial charge in [-0.15, -0.1) is 0 Å². The molecule has 0 bridgehead atoms. The number of hydrogen-bond donors (Lipinski definition) is 6. The number of phosphoric ester groups is 2. The summed E-state index contributed by atoms with van der Waals surface area (Å²) in [6.45, 7) is -0.779. The maximum atomic E-state index is 16.1. The summed E-state index contributed by atoms with van der Waals surface area (Å²) >= 11 is 12.5. The molecule has 12 rings (SSSR count). The number of hydrogen-bond acceptors (Lipinski definition) is 26. The van der Waals surface area contributed by atoms with E-state index in [4.69, 9.17) is 90.2 Å². The molecule has 3 saturated heterocycles. The minimum Gasteiger partial charge on any atom is -0.497 e. The SMILES string of the molecule is COc1ccc(C(OC[C@H]2O[C@@H](n3ccc(N)nc3=O)[C@H](O)[C@@H]2OP(=O)(OC[C@H]2O[C@@H](n3cc(C)c(=O)[nH]c3=O)C[C@@H]2OP(=O)(OC[C@H]2O[C@@H](n3cnc4c(N)ncnc43)[C@H](O)[C@@H]2O)Oc2ccc(Cl)cc2)Oc2ccc(Cl)cc2)(c2ccccc2)c2ccc(OC)cc2)cc1. The number of aromatic amines is 1. The van der Waals surface area contributed by atoms with Crippen LogP contribution in [0.5, 0.6) is 23.0 Å². The van der Waals surface area contributed by atoms with Gasteiger partial charge in [-0.05, 0) is 102 Å². The van der Waals surface area contributed by atoms with E-state index in [9.17, 15) is 29.7 Å². The Morgan fingerprint density at radius 2 is 1.20 bits per heavy atom. The number of phosphoric acid groups is 2. The molecule has 3 aliphatic heterocycles. The largest absolute Gasteiger partial charge is 0.530 e. The number of rotatable bonds is 25. The summed E-state index contributed by atoms with van der Waals surface area (Å²) in [7, 11) is -7.42. The number of aliphatic hydroxyl groups excluding tert-OH is 3. The minimum absolute atomic E-state index is 0.0343. The molecule has 30 nitrogen and oxygen atoms in total. The fourth-order valence-electron chi connectivity index (χ4n) is 11.2. The summed E-state index contributed by atoms with van der Waals surface area (Å²) in [5.74, 6) is 0.704. The van der Waals surface area contributed by atoms with Crippen molar-refractivity contribution in [2.24, 2.45) is 0 Å². The molecule has 0 radical (unpaired) electrons. The third-order valence-corrected chi connectivity index (χ3v) is 19.4. The molecule has 504 valence electrons. The molecule has 0 saturated carbocycles. The molecule has 3 fully saturated rings. The van der Waals surface area contributed by atoms with Gasteiger partial charge in [0.15, 0.2) is 23.9 Å². The van der Waals surface area contributed by atoms with Crippen LogP contribution in [-0.2, 0) is 51.8 Å². The van der Waals surface area contributed by atoms with Gasteiger partial charge in [0.05, 0.1) is 40.4 Å². The Hall–Kier alpha value is -8.39. The maximum absolute atomic E-state index is 16.1. The van der Waals surface area contributed by atoms with Crippen molar-refractivity contribution in [1.29, 1.82) is 0 Å². The Morgan fingerprint density at radius 3 is 1.80 bits per heavy atom. The van der Waals surface area contributed by atoms with Gasteiger partial charge in [0.25, 0.3) is 5.56 Å². The van der Waals surface area contributed by atoms with Gasteiger partial charge in [-0.2, -0.15) is 4.98 Å². The predicted molar refractivity (Wildman–Crippen MR) is 342 cm³/mol. The van der Waals surface area contributed by atoms with Crippen LogP contribution in [0.3, 0.4) is 0 Å². The Morgan fingerprint density at radius 1 is 0.635 bits per heavy atom. The first kappa shape index (κ1) is 67.6. The van der Waals surface area contributed by atoms with E-state index in [0.717, 1.165) is 9.13 Å². The second-order valence-electron chi connectivity index (χ2n) is 22.2. The van der Waals surface area contributed by atoms with E-state index in [1.54, 1.807) is 24.3 Å². The van der Waals surface area contributed by atoms with E-state index >= 15 is 9.13 Å². The lowest BCUT2D eigenvalue weighted by molar-refractivity contribution is -0.0961. The van der Waals surface area contributed by atoms with E-state index in [2.05, 4.69) is 24.9 Å². The molecule has 13 atom stereocenters. The van der Waals surface area contributed by atoms with Crippen molar-refractivity contribution < 1.29 is 80.0 Å². The molecule has 0 aliphatic carbocycles. The number of nitrogen functional groups attached to an aromatic ring is 2. The molecule has 0 spiro atoms. The summed E-state index contributed by atoms with van der Waals surface area (Å²) in [4.78, 5) is 58.4. The molecule has 4 aromatic heterocycles. The molecule has 2 unspecified atom stereocenters. The standard InChI is InChI=1S/C62H62Cl2N10O20P2/c1-34-28-73(61(80)71-57(34)78)49-27-44(93-95(81,91-42-21-13-38(63)14-22-42)87-31-46-51(75)52(76)58(89-46)74-33-69-50-55(66)67-32-68-56(50)74)45(88-49)30-86-96(82,92-43-23-15-39(64)16-24-43)94-54-47(90-59(53(54)77)72-26-25-48(65)70-60(72)79)29-85-62(35-7-5-4-6-8-35,36-9-17-40(83-2)18-10-36)37-11-19-41(84-3)20-12-37/h4-26,28,32-33,44-47,49,51-54,58-59,75-77H,27,29-31H2,1-3H3,(H2,65,70,79)(H2,66,67,68)(H,71,78,80)/t44-,45+,46+,47+,49+,51+,52+,53+,54+,58+,59+,95?,96?/m0/s1. The Kier molecular flexibility index (Phi) is 20.0. The van der Waals surface area contributed by atoms with Crippen LogP contribution < -0.4 is 46.9 Å². The zero-order chi connectivity index (χ0) is 67.6. The van der Waals surface area contributed by atoms with Crippen molar-refractivity contribution in [2.45, 2.75) is 86.5 Å². The topological polar surface area (TPSA) is 391 Å². The minimum atomic E-state index is -5.34. The van der Waals surface area contributed by atoms with Crippen LogP contribution in [0.25, 0.3) is 11.2 Å². The first-order valence-corrected chi connectivity index (χ1v) is 33.2. The summed E-state index contributed by atoms with van der Waals surface area (Å²) in [5.41, 5.74) is 10.0. The number of imidazole rings is 1. The maximum Gasteiger partial charge on any atom is 0.530 e. The predicted octanol–water partition coefficient (Wildman–Crippen LogP) is 6.78. The summed E-state index contributed by atoms with van der Waals surface area (Å²) in [6, 6.07) is 35.8. The quantitative estimate of drug-likeness (QED) is 0.0253. The average molecular weight is 1400 g/mol. The molecule has 9 aromatic rings. The highest BCUT2D eigenvalue weighted by Gasteiger charge is 2.54. The molecule has 0 amide bonds. The van der Waals surface area contributed by atoms with E-state index in [1.807, 2.05) is 54.6 Å². The summed E-state index contributed by atoms with van der Waals surface area (Å²) in [6.07, 6.45) is -13.1. The van der Waals surface area contributed by atoms with Gasteiger partial charge < -0.3 is 64.3 Å². The third kappa shape index (κ3) is 14.2. The van der Waals surface area contributed by atoms with Crippen molar-refractivity contribution >= 4 is 61.6 Å². The van der Waals surface area contributed by atoms with Crippen molar-refractivity contribution in [2.75, 3.05) is 45.5 Å². The smallest absolute Gasteiger partial charge is 0.497 e. The average Bonchev–Trinajstić information content (AvgIpc) is 0.841. The van der Waals surface area contributed by atoms with Crippen LogP contribution in [0, 0.1) is 6.92 Å². The number of halogens is 2. The molecular formula is C62H62Cl2N10O20P2. The monoisotopic (exact) mass is 1400 g/mol. The van der Waals surface area contributed by atoms with Gasteiger partial charge in [0.2, 0.25) is 0 Å². The number of nitrogens with two attached hydrogens (primary N) is 2. The van der Waals surface area contributed by atoms with Crippen LogP contribution in [0.2, 0.25) is 10.0 Å². The molecular weight excluding hydrogens is 1340 g/mol. The van der Waals surface area contributed by atoms with Gasteiger partial charge in [0.1, 0.15) is 101 Å². The molecule has 34 heteroatoms. The van der Waals surface area contributed by atoms with Crippen LogP contribution in [-0.4, -0.2) is 137 Å². The van der Waals surface area contributed by atoms with Crippen LogP contribution in [0.15, 0.2) is 173 Å². The number of ether oxygens (including phenoxy) is 6. The second-order valence-corrected chi connectivity index (χ2v) is 26.1. The number of methoxy groups -OCH3 is 2. The number of nitrogens with one attached hydrogen (secondary N) is 1. The number of aromatic nitrogens is 8. The van der Waals surface area contributed by atoms with E-state index in [0.29, 0.717) is 28.2 Å². The Bertz CT molecular complexity index is 4460. The number of benzene rings is 5. The number of aliphatic hydroxyl groups is 3. The first-order valence-electron chi connectivity index (χ1n) is 29.5. The highest BCUT2D eigenvalue weighted by Crippen LogP contribution is 2.57. The lowest BCUT2D eigenvalue weighted by Crippen LogP contribution is -2.41. The zero-order valence-electron chi connectivity index (χ0n) is 50.9. The third-order valence-electron chi connectivity index (χ3n) is 16.1. The summed E-state index contributed by atoms with van der Waals surface area (Å²) in [5, 5.41) is 35.9. The molecule has 8 N–H and O–H groups in total. The van der Waals surface area contributed by atoms with Crippen LogP contribution in [0.1, 0.15) is 47.4 Å². The van der Waals surface area contributed by atoms with Gasteiger partial charge >= 0.3 is 27.0 Å². The molecule has 7 heterocycles. The van der Waals surface area contributed by atoms with Gasteiger partial charge in [-0.1, -0.05) is 77.8 Å². The van der Waals surface area contributed by atoms with Crippen molar-refractivity contribution in [3.05, 3.63) is 222 Å². The van der Waals surface area contributed by atoms with Crippen LogP contribution >= 0.6 is 38.8 Å². The number of H-pyrrole nitrogens is 1. The van der Waals surface area contributed by atoms with E-state index in [1.165, 1.54) is 105 Å². The highest BCUT2D eigenvalue weighted by atomic mass is 35.5. The fraction of sp³-hybridized carbons (Fsp3) is 0.306. The number of anilines is 2. The molecule has 5 aromatic carbocycles. The van der Waals surface area contributed by atoms with Gasteiger partial charge in [-0.25, -0.2) is 33.7 Å². The van der Waals surface area contributed by atoms with Crippen molar-refractivity contribution in [1.82, 2.24) is 38.6 Å². The fourth-order valence-corrected chi connectivity index (χ4v) is 14.3. The molecule has 96 heavy (non-hydrogen) atoms.